The lowest BCUT2D eigenvalue weighted by Crippen LogP contribution is -2.58. The van der Waals surface area contributed by atoms with E-state index in [0.717, 1.165) is 38.2 Å². The highest BCUT2D eigenvalue weighted by Gasteiger charge is 2.62. The molecule has 0 spiro atoms. The molecule has 3 N–H and O–H groups in total. The van der Waals surface area contributed by atoms with Gasteiger partial charge in [0.05, 0.1) is 12.1 Å². The van der Waals surface area contributed by atoms with E-state index in [4.69, 9.17) is 9.15 Å². The zero-order chi connectivity index (χ0) is 35.3. The van der Waals surface area contributed by atoms with Gasteiger partial charge in [-0.05, 0) is 75.8 Å². The number of nitrogens with one attached hydrogen (secondary N) is 3. The first-order valence-corrected chi connectivity index (χ1v) is 17.1. The molecule has 0 radical (unpaired) electrons. The molecule has 14 heteroatoms. The predicted molar refractivity (Wildman–Crippen MR) is 174 cm³/mol. The smallest absolute Gasteiger partial charge is 0.419 e. The van der Waals surface area contributed by atoms with E-state index in [2.05, 4.69) is 20.9 Å². The van der Waals surface area contributed by atoms with Crippen molar-refractivity contribution < 1.29 is 41.1 Å². The Morgan fingerprint density at radius 1 is 1.12 bits per heavy atom. The van der Waals surface area contributed by atoms with E-state index in [-0.39, 0.29) is 48.5 Å². The first kappa shape index (κ1) is 33.9. The van der Waals surface area contributed by atoms with Gasteiger partial charge in [0.1, 0.15) is 35.1 Å². The van der Waals surface area contributed by atoms with Crippen molar-refractivity contribution >= 4 is 34.5 Å². The number of halogens is 4. The lowest BCUT2D eigenvalue weighted by Gasteiger charge is -2.30. The zero-order valence-corrected chi connectivity index (χ0v) is 27.5. The van der Waals surface area contributed by atoms with Crippen molar-refractivity contribution in [3.8, 4) is 6.08 Å². The van der Waals surface area contributed by atoms with Crippen LogP contribution in [0.4, 0.5) is 23.2 Å². The fraction of sp³-hybridized carbons (Fsp3) is 0.500. The molecule has 2 aromatic carbocycles. The third-order valence-corrected chi connectivity index (χ3v) is 10.2. The second-order valence-electron chi connectivity index (χ2n) is 14.2. The van der Waals surface area contributed by atoms with Crippen LogP contribution in [0.5, 0.6) is 6.08 Å². The topological polar surface area (TPSA) is 126 Å². The Kier molecular flexibility index (Phi) is 8.75. The van der Waals surface area contributed by atoms with Crippen LogP contribution in [0.3, 0.4) is 0 Å². The molecule has 2 saturated carbocycles. The minimum Gasteiger partial charge on any atom is -0.445 e. The van der Waals surface area contributed by atoms with Gasteiger partial charge >= 0.3 is 12.3 Å². The molecule has 3 heterocycles. The average Bonchev–Trinajstić information content (AvgIpc) is 3.84. The Labute approximate surface area is 286 Å². The number of ether oxygens (including phenoxy) is 1. The number of fused-ring (bicyclic) bond motifs is 3. The van der Waals surface area contributed by atoms with Crippen LogP contribution in [0.15, 0.2) is 59.0 Å². The van der Waals surface area contributed by atoms with Crippen LogP contribution in [0, 0.1) is 11.7 Å². The molecule has 4 aliphatic rings. The number of aromatic nitrogens is 1. The van der Waals surface area contributed by atoms with Crippen molar-refractivity contribution in [2.75, 3.05) is 11.9 Å². The van der Waals surface area contributed by atoms with E-state index in [1.54, 1.807) is 24.3 Å². The summed E-state index contributed by atoms with van der Waals surface area (Å²) in [6.07, 6.45) is 3.48. The second kappa shape index (κ2) is 12.9. The minimum atomic E-state index is -4.94. The maximum Gasteiger partial charge on any atom is 0.419 e. The van der Waals surface area contributed by atoms with Gasteiger partial charge in [-0.15, -0.1) is 0 Å². The summed E-state index contributed by atoms with van der Waals surface area (Å²) in [7, 11) is 0. The maximum atomic E-state index is 14.4. The Morgan fingerprint density at radius 2 is 1.92 bits per heavy atom. The van der Waals surface area contributed by atoms with Crippen LogP contribution >= 0.6 is 0 Å². The van der Waals surface area contributed by atoms with E-state index in [9.17, 15) is 31.9 Å². The van der Waals surface area contributed by atoms with Gasteiger partial charge in [0.2, 0.25) is 17.7 Å². The van der Waals surface area contributed by atoms with Crippen molar-refractivity contribution in [2.24, 2.45) is 5.92 Å². The summed E-state index contributed by atoms with van der Waals surface area (Å²) in [5.41, 5.74) is -1.96. The highest BCUT2D eigenvalue weighted by molar-refractivity contribution is 5.98. The molecule has 3 aromatic rings. The fourth-order valence-corrected chi connectivity index (χ4v) is 6.94. The molecule has 3 fully saturated rings. The van der Waals surface area contributed by atoms with Crippen molar-refractivity contribution in [3.05, 3.63) is 66.0 Å². The molecule has 0 bridgehead atoms. The molecular formula is C36H39F4N5O5. The van der Waals surface area contributed by atoms with Crippen LogP contribution < -0.4 is 20.7 Å². The number of rotatable bonds is 6. The number of benzene rings is 2. The number of anilines is 1. The summed E-state index contributed by atoms with van der Waals surface area (Å²) in [4.78, 5) is 48.0. The molecule has 1 aromatic heterocycles. The molecule has 0 unspecified atom stereocenters. The average molecular weight is 698 g/mol. The summed E-state index contributed by atoms with van der Waals surface area (Å²) >= 11 is 0. The van der Waals surface area contributed by atoms with Gasteiger partial charge in [0, 0.05) is 23.6 Å². The molecule has 266 valence electrons. The summed E-state index contributed by atoms with van der Waals surface area (Å²) < 4.78 is 66.6. The Hall–Kier alpha value is -4.62. The first-order chi connectivity index (χ1) is 23.8. The molecule has 1 saturated heterocycles. The zero-order valence-electron chi connectivity index (χ0n) is 27.5. The minimum absolute atomic E-state index is 0.0339. The monoisotopic (exact) mass is 697 g/mol. The third-order valence-electron chi connectivity index (χ3n) is 10.2. The summed E-state index contributed by atoms with van der Waals surface area (Å²) in [6, 6.07) is 7.47. The van der Waals surface area contributed by atoms with Gasteiger partial charge in [-0.25, -0.2) is 4.39 Å². The number of nitrogens with zero attached hydrogens (tertiary/aromatic N) is 2. The van der Waals surface area contributed by atoms with Gasteiger partial charge in [0.15, 0.2) is 5.58 Å². The summed E-state index contributed by atoms with van der Waals surface area (Å²) in [6.45, 7) is 1.91. The largest absolute Gasteiger partial charge is 0.445 e. The second-order valence-corrected chi connectivity index (χ2v) is 14.2. The highest BCUT2D eigenvalue weighted by atomic mass is 19.4. The Morgan fingerprint density at radius 3 is 2.68 bits per heavy atom. The number of hydrogen-bond donors (Lipinski definition) is 3. The van der Waals surface area contributed by atoms with Crippen LogP contribution in [0.25, 0.3) is 11.1 Å². The standard InChI is InChI=1S/C36H39F4N5O5/c1-34(15-16-34)44-32(48)35-19-21(35)9-5-3-2-4-6-11-27(41-22-13-14-25(37)24(17-22)36(38,39)40)31(47)45-20-23(18-28(45)30(46)43-35)49-33-42-26-10-7-8-12-29(26)50-33/h5,7-10,12-14,17,21,23,27-28,41H,2-4,6,11,15-16,18-20H2,1H3,(H,43,46)(H,44,48)/b9-5-/t21-,23-,27+,28+,35-/m1/s1. The lowest BCUT2D eigenvalue weighted by molar-refractivity contribution is -0.140. The number of allylic oxidation sites excluding steroid dienone is 1. The van der Waals surface area contributed by atoms with Gasteiger partial charge in [-0.3, -0.25) is 14.4 Å². The van der Waals surface area contributed by atoms with Crippen molar-refractivity contribution in [1.29, 1.82) is 0 Å². The summed E-state index contributed by atoms with van der Waals surface area (Å²) in [5.74, 6) is -2.98. The molecule has 50 heavy (non-hydrogen) atoms. The van der Waals surface area contributed by atoms with Crippen LogP contribution in [0.1, 0.15) is 70.3 Å². The van der Waals surface area contributed by atoms with Crippen molar-refractivity contribution in [3.63, 3.8) is 0 Å². The van der Waals surface area contributed by atoms with E-state index in [1.807, 2.05) is 19.1 Å². The molecule has 2 aliphatic heterocycles. The normalized spacial score (nSPS) is 28.8. The van der Waals surface area contributed by atoms with Crippen LogP contribution in [0.2, 0.25) is 0 Å². The molecule has 5 atom stereocenters. The van der Waals surface area contributed by atoms with E-state index in [1.165, 1.54) is 4.90 Å². The molecule has 2 aliphatic carbocycles. The first-order valence-electron chi connectivity index (χ1n) is 17.1. The third kappa shape index (κ3) is 7.02. The molecule has 10 nitrogen and oxygen atoms in total. The number of carbonyl (C=O) groups is 3. The quantitative estimate of drug-likeness (QED) is 0.217. The fourth-order valence-electron chi connectivity index (χ4n) is 6.94. The van der Waals surface area contributed by atoms with Gasteiger partial charge < -0.3 is 30.0 Å². The lowest BCUT2D eigenvalue weighted by atomic mass is 10.0. The number of para-hydroxylation sites is 2. The number of alkyl halides is 3. The van der Waals surface area contributed by atoms with E-state index < -0.39 is 53.1 Å². The SMILES string of the molecule is CC1(NC(=O)[C@@]23C[C@H]2/C=C\CCCCC[C@H](Nc2ccc(F)c(C(F)(F)F)c2)C(=O)N2C[C@H](Oc4nc5ccccc5o4)C[C@H]2C(=O)N3)CC1. The highest BCUT2D eigenvalue weighted by Crippen LogP contribution is 2.47. The van der Waals surface area contributed by atoms with Gasteiger partial charge in [-0.2, -0.15) is 18.2 Å². The molecule has 7 rings (SSSR count). The summed E-state index contributed by atoms with van der Waals surface area (Å²) in [5, 5.41) is 9.00. The number of carbonyl (C=O) groups excluding carboxylic acids is 3. The molecule has 3 amide bonds. The van der Waals surface area contributed by atoms with Crippen LogP contribution in [-0.4, -0.2) is 63.4 Å². The van der Waals surface area contributed by atoms with Crippen LogP contribution in [-0.2, 0) is 20.6 Å². The Balaban J connectivity index is 1.19. The number of oxazole rings is 1. The Bertz CT molecular complexity index is 1790. The van der Waals surface area contributed by atoms with Crippen molar-refractivity contribution in [1.82, 2.24) is 20.5 Å². The molecular weight excluding hydrogens is 658 g/mol. The predicted octanol–water partition coefficient (Wildman–Crippen LogP) is 5.88. The van der Waals surface area contributed by atoms with Crippen molar-refractivity contribution in [2.45, 2.75) is 100 Å². The van der Waals surface area contributed by atoms with E-state index in [0.29, 0.717) is 36.1 Å². The maximum absolute atomic E-state index is 14.4. The number of hydrogen-bond acceptors (Lipinski definition) is 7. The van der Waals surface area contributed by atoms with E-state index >= 15 is 0 Å². The van der Waals surface area contributed by atoms with Gasteiger partial charge in [0.25, 0.3) is 0 Å². The van der Waals surface area contributed by atoms with Gasteiger partial charge in [-0.1, -0.05) is 37.1 Å². The number of amides is 3.